The van der Waals surface area contributed by atoms with Gasteiger partial charge < -0.3 is 15.8 Å². The maximum absolute atomic E-state index is 12.0. The lowest BCUT2D eigenvalue weighted by atomic mass is 10.2. The number of hydrogen-bond acceptors (Lipinski definition) is 5. The average molecular weight is 292 g/mol. The quantitative estimate of drug-likeness (QED) is 0.787. The molecular weight excluding hydrogens is 268 g/mol. The molecule has 0 saturated heterocycles. The van der Waals surface area contributed by atoms with E-state index in [1.165, 1.54) is 32.8 Å². The molecule has 1 aromatic rings. The van der Waals surface area contributed by atoms with E-state index in [1.807, 2.05) is 0 Å². The van der Waals surface area contributed by atoms with Crippen molar-refractivity contribution in [2.24, 2.45) is 11.8 Å². The van der Waals surface area contributed by atoms with E-state index in [9.17, 15) is 4.79 Å². The Bertz CT molecular complexity index is 546. The Hall–Kier alpha value is -1.72. The molecule has 0 radical (unpaired) electrons. The monoisotopic (exact) mass is 292 g/mol. The van der Waals surface area contributed by atoms with Crippen LogP contribution in [0.3, 0.4) is 0 Å². The molecule has 6 nitrogen and oxygen atoms in total. The third kappa shape index (κ3) is 2.71. The van der Waals surface area contributed by atoms with Gasteiger partial charge in [-0.3, -0.25) is 0 Å². The number of nitrogen functional groups attached to an aromatic ring is 1. The Labute approximate surface area is 125 Å². The Morgan fingerprint density at radius 1 is 1.33 bits per heavy atom. The van der Waals surface area contributed by atoms with Crippen LogP contribution in [0.4, 0.5) is 11.6 Å². The molecule has 2 atom stereocenters. The molecule has 2 unspecified atom stereocenters. The fourth-order valence-electron chi connectivity index (χ4n) is 2.87. The number of esters is 1. The number of nitrogens with one attached hydrogen (secondary N) is 1. The summed E-state index contributed by atoms with van der Waals surface area (Å²) >= 11 is 0. The van der Waals surface area contributed by atoms with Crippen molar-refractivity contribution in [3.05, 3.63) is 5.56 Å². The summed E-state index contributed by atoms with van der Waals surface area (Å²) in [5.41, 5.74) is 6.55. The molecule has 3 N–H and O–H groups in total. The van der Waals surface area contributed by atoms with Crippen molar-refractivity contribution in [2.75, 3.05) is 18.2 Å². The van der Waals surface area contributed by atoms with E-state index in [0.29, 0.717) is 35.1 Å². The summed E-state index contributed by atoms with van der Waals surface area (Å²) in [6.07, 6.45) is 4.87. The maximum atomic E-state index is 12.0. The predicted octanol–water partition coefficient (Wildman–Crippen LogP) is 2.43. The summed E-state index contributed by atoms with van der Waals surface area (Å²) < 4.78 is 6.66. The minimum Gasteiger partial charge on any atom is -0.465 e. The number of hydrogen-bond donors (Lipinski definition) is 2. The lowest BCUT2D eigenvalue weighted by molar-refractivity contribution is 0.0603. The molecule has 0 aromatic carbocycles. The molecule has 21 heavy (non-hydrogen) atoms. The van der Waals surface area contributed by atoms with Crippen LogP contribution in [0, 0.1) is 11.8 Å². The lowest BCUT2D eigenvalue weighted by Gasteiger charge is -2.13. The molecule has 0 spiro atoms. The molecular formula is C15H24N4O2. The van der Waals surface area contributed by atoms with Gasteiger partial charge in [-0.05, 0) is 51.4 Å². The summed E-state index contributed by atoms with van der Waals surface area (Å²) in [4.78, 5) is 12.0. The number of carbonyl (C=O) groups is 1. The largest absolute Gasteiger partial charge is 0.465 e. The van der Waals surface area contributed by atoms with Gasteiger partial charge in [-0.15, -0.1) is 0 Å². The second-order valence-corrected chi connectivity index (χ2v) is 6.39. The van der Waals surface area contributed by atoms with Crippen LogP contribution in [0.2, 0.25) is 0 Å². The fraction of sp³-hybridized carbons (Fsp3) is 0.733. The molecule has 2 aliphatic carbocycles. The number of nitrogens with two attached hydrogens (primary N) is 1. The molecule has 0 bridgehead atoms. The van der Waals surface area contributed by atoms with E-state index >= 15 is 0 Å². The van der Waals surface area contributed by atoms with Gasteiger partial charge >= 0.3 is 5.97 Å². The fourth-order valence-corrected chi connectivity index (χ4v) is 2.87. The van der Waals surface area contributed by atoms with Crippen molar-refractivity contribution in [3.63, 3.8) is 0 Å². The topological polar surface area (TPSA) is 82.2 Å². The zero-order valence-corrected chi connectivity index (χ0v) is 12.9. The first-order valence-corrected chi connectivity index (χ1v) is 7.75. The molecule has 2 fully saturated rings. The highest BCUT2D eigenvalue weighted by atomic mass is 16.5. The summed E-state index contributed by atoms with van der Waals surface area (Å²) in [5.74, 6) is 1.83. The smallest absolute Gasteiger partial charge is 0.345 e. The molecule has 6 heteroatoms. The molecule has 0 amide bonds. The first kappa shape index (κ1) is 14.2. The van der Waals surface area contributed by atoms with Crippen molar-refractivity contribution < 1.29 is 9.53 Å². The van der Waals surface area contributed by atoms with Gasteiger partial charge in [-0.2, -0.15) is 5.10 Å². The van der Waals surface area contributed by atoms with Gasteiger partial charge in [0.05, 0.1) is 13.2 Å². The van der Waals surface area contributed by atoms with E-state index in [1.54, 1.807) is 4.68 Å². The summed E-state index contributed by atoms with van der Waals surface area (Å²) in [7, 11) is 1.37. The second kappa shape index (κ2) is 5.24. The Morgan fingerprint density at radius 2 is 1.95 bits per heavy atom. The van der Waals surface area contributed by atoms with Crippen molar-refractivity contribution in [2.45, 2.75) is 51.6 Å². The normalized spacial score (nSPS) is 20.9. The van der Waals surface area contributed by atoms with Gasteiger partial charge in [-0.1, -0.05) is 0 Å². The first-order valence-electron chi connectivity index (χ1n) is 7.75. The van der Waals surface area contributed by atoms with Gasteiger partial charge in [0.1, 0.15) is 11.4 Å². The molecule has 3 rings (SSSR count). The van der Waals surface area contributed by atoms with Crippen LogP contribution in [0.5, 0.6) is 0 Å². The minimum atomic E-state index is -0.424. The van der Waals surface area contributed by atoms with E-state index in [2.05, 4.69) is 24.3 Å². The molecule has 2 aliphatic rings. The van der Waals surface area contributed by atoms with Crippen LogP contribution in [-0.2, 0) is 4.74 Å². The number of carbonyl (C=O) groups excluding carboxylic acids is 1. The highest BCUT2D eigenvalue weighted by Gasteiger charge is 2.35. The van der Waals surface area contributed by atoms with Gasteiger partial charge in [-0.25, -0.2) is 9.48 Å². The average Bonchev–Trinajstić information content (AvgIpc) is 3.35. The predicted molar refractivity (Wildman–Crippen MR) is 81.2 cm³/mol. The highest BCUT2D eigenvalue weighted by molar-refractivity contribution is 5.99. The van der Waals surface area contributed by atoms with Crippen LogP contribution in [-0.4, -0.2) is 28.9 Å². The molecule has 0 aliphatic heterocycles. The third-order valence-electron chi connectivity index (χ3n) is 4.72. The number of aromatic nitrogens is 2. The summed E-state index contributed by atoms with van der Waals surface area (Å²) in [6, 6.07) is 0.521. The Morgan fingerprint density at radius 3 is 2.48 bits per heavy atom. The zero-order chi connectivity index (χ0) is 15.1. The van der Waals surface area contributed by atoms with Crippen molar-refractivity contribution in [1.82, 2.24) is 9.78 Å². The van der Waals surface area contributed by atoms with E-state index < -0.39 is 5.97 Å². The molecule has 116 valence electrons. The minimum absolute atomic E-state index is 0.222. The third-order valence-corrected chi connectivity index (χ3v) is 4.72. The summed E-state index contributed by atoms with van der Waals surface area (Å²) in [6.45, 7) is 4.23. The maximum Gasteiger partial charge on any atom is 0.345 e. The standard InChI is InChI=1S/C15H24N4O2/c1-8(10-4-5-10)17-14-12(15(20)21-3)13(16)19(18-14)9(2)11-6-7-11/h8-11H,4-7,16H2,1-3H3,(H,17,18). The van der Waals surface area contributed by atoms with Crippen LogP contribution in [0.1, 0.15) is 55.9 Å². The van der Waals surface area contributed by atoms with Crippen LogP contribution in [0.15, 0.2) is 0 Å². The van der Waals surface area contributed by atoms with Gasteiger partial charge in [0, 0.05) is 6.04 Å². The van der Waals surface area contributed by atoms with Crippen molar-refractivity contribution in [3.8, 4) is 0 Å². The zero-order valence-electron chi connectivity index (χ0n) is 12.9. The molecule has 1 aromatic heterocycles. The van der Waals surface area contributed by atoms with Gasteiger partial charge in [0.25, 0.3) is 0 Å². The Kier molecular flexibility index (Phi) is 3.55. The lowest BCUT2D eigenvalue weighted by Crippen LogP contribution is -2.19. The Balaban J connectivity index is 1.91. The van der Waals surface area contributed by atoms with Crippen molar-refractivity contribution >= 4 is 17.6 Å². The highest BCUT2D eigenvalue weighted by Crippen LogP contribution is 2.42. The van der Waals surface area contributed by atoms with E-state index in [0.717, 1.165) is 0 Å². The van der Waals surface area contributed by atoms with Gasteiger partial charge in [0.2, 0.25) is 0 Å². The van der Waals surface area contributed by atoms with Gasteiger partial charge in [0.15, 0.2) is 5.82 Å². The van der Waals surface area contributed by atoms with E-state index in [4.69, 9.17) is 10.5 Å². The van der Waals surface area contributed by atoms with Crippen LogP contribution < -0.4 is 11.1 Å². The number of rotatable bonds is 6. The number of methoxy groups -OCH3 is 1. The molecule has 2 saturated carbocycles. The van der Waals surface area contributed by atoms with E-state index in [-0.39, 0.29) is 6.04 Å². The molecule has 1 heterocycles. The SMILES string of the molecule is COC(=O)c1c(NC(C)C2CC2)nn(C(C)C2CC2)c1N. The second-order valence-electron chi connectivity index (χ2n) is 6.39. The van der Waals surface area contributed by atoms with Crippen molar-refractivity contribution in [1.29, 1.82) is 0 Å². The number of anilines is 2. The van der Waals surface area contributed by atoms with Crippen LogP contribution in [0.25, 0.3) is 0 Å². The van der Waals surface area contributed by atoms with Crippen LogP contribution >= 0.6 is 0 Å². The number of nitrogens with zero attached hydrogens (tertiary/aromatic N) is 2. The summed E-state index contributed by atoms with van der Waals surface area (Å²) in [5, 5.41) is 7.92. The first-order chi connectivity index (χ1) is 10.0. The number of ether oxygens (including phenoxy) is 1.